The standard InChI is InChI=1S/C12H14FN5OS/c1-2-15-10(19)7-20-12-17-16-11(18(12)14)8-5-3-4-6-9(8)13/h3-6H,2,7,14H2,1H3,(H,15,19). The maximum absolute atomic E-state index is 13.7. The Morgan fingerprint density at radius 2 is 2.20 bits per heavy atom. The third-order valence-corrected chi connectivity index (χ3v) is 3.43. The molecule has 0 saturated carbocycles. The lowest BCUT2D eigenvalue weighted by Gasteiger charge is -2.04. The van der Waals surface area contributed by atoms with Crippen LogP contribution >= 0.6 is 11.8 Å². The minimum Gasteiger partial charge on any atom is -0.356 e. The van der Waals surface area contributed by atoms with Gasteiger partial charge in [0.1, 0.15) is 5.82 Å². The van der Waals surface area contributed by atoms with Crippen LogP contribution in [0.25, 0.3) is 11.4 Å². The maximum atomic E-state index is 13.7. The number of carbonyl (C=O) groups is 1. The smallest absolute Gasteiger partial charge is 0.230 e. The number of benzene rings is 1. The second-order valence-electron chi connectivity index (χ2n) is 3.90. The van der Waals surface area contributed by atoms with Gasteiger partial charge < -0.3 is 11.2 Å². The molecular weight excluding hydrogens is 281 g/mol. The molecule has 0 aliphatic rings. The van der Waals surface area contributed by atoms with Gasteiger partial charge in [-0.1, -0.05) is 23.9 Å². The van der Waals surface area contributed by atoms with Crippen LogP contribution in [-0.2, 0) is 4.79 Å². The number of hydrogen-bond donors (Lipinski definition) is 2. The molecule has 0 fully saturated rings. The number of nitrogens with zero attached hydrogens (tertiary/aromatic N) is 3. The molecule has 1 aromatic carbocycles. The molecule has 0 saturated heterocycles. The number of hydrogen-bond acceptors (Lipinski definition) is 5. The van der Waals surface area contributed by atoms with E-state index in [1.165, 1.54) is 10.7 Å². The van der Waals surface area contributed by atoms with Crippen molar-refractivity contribution in [1.82, 2.24) is 20.2 Å². The van der Waals surface area contributed by atoms with Crippen LogP contribution in [0.2, 0.25) is 0 Å². The minimum absolute atomic E-state index is 0.118. The molecule has 1 amide bonds. The van der Waals surface area contributed by atoms with Crippen molar-refractivity contribution >= 4 is 17.7 Å². The first kappa shape index (κ1) is 14.3. The Bertz CT molecular complexity index is 616. The van der Waals surface area contributed by atoms with Crippen LogP contribution in [0.4, 0.5) is 4.39 Å². The number of aromatic nitrogens is 3. The van der Waals surface area contributed by atoms with E-state index in [-0.39, 0.29) is 23.0 Å². The molecule has 3 N–H and O–H groups in total. The molecule has 20 heavy (non-hydrogen) atoms. The van der Waals surface area contributed by atoms with Gasteiger partial charge in [0.15, 0.2) is 5.82 Å². The van der Waals surface area contributed by atoms with E-state index in [9.17, 15) is 9.18 Å². The zero-order chi connectivity index (χ0) is 14.5. The molecule has 8 heteroatoms. The van der Waals surface area contributed by atoms with Gasteiger partial charge >= 0.3 is 0 Å². The second-order valence-corrected chi connectivity index (χ2v) is 4.84. The highest BCUT2D eigenvalue weighted by molar-refractivity contribution is 7.99. The van der Waals surface area contributed by atoms with E-state index in [0.717, 1.165) is 11.8 Å². The Kier molecular flexibility index (Phi) is 4.57. The lowest BCUT2D eigenvalue weighted by molar-refractivity contribution is -0.118. The molecule has 0 aliphatic carbocycles. The fraction of sp³-hybridized carbons (Fsp3) is 0.250. The first-order valence-electron chi connectivity index (χ1n) is 5.98. The third kappa shape index (κ3) is 3.08. The summed E-state index contributed by atoms with van der Waals surface area (Å²) in [5, 5.41) is 10.8. The van der Waals surface area contributed by atoms with E-state index in [0.29, 0.717) is 11.7 Å². The number of halogens is 1. The average molecular weight is 295 g/mol. The second kappa shape index (κ2) is 6.38. The number of amides is 1. The fourth-order valence-corrected chi connectivity index (χ4v) is 2.27. The minimum atomic E-state index is -0.424. The molecule has 0 atom stereocenters. The SMILES string of the molecule is CCNC(=O)CSc1nnc(-c2ccccc2F)n1N. The normalized spacial score (nSPS) is 10.5. The van der Waals surface area contributed by atoms with Gasteiger partial charge in [-0.2, -0.15) is 0 Å². The van der Waals surface area contributed by atoms with Crippen molar-refractivity contribution < 1.29 is 9.18 Å². The molecule has 0 spiro atoms. The Morgan fingerprint density at radius 1 is 1.45 bits per heavy atom. The van der Waals surface area contributed by atoms with Crippen LogP contribution in [0.1, 0.15) is 6.92 Å². The van der Waals surface area contributed by atoms with Gasteiger partial charge in [0, 0.05) is 6.54 Å². The van der Waals surface area contributed by atoms with Crippen molar-refractivity contribution in [2.45, 2.75) is 12.1 Å². The van der Waals surface area contributed by atoms with Crippen LogP contribution in [0.3, 0.4) is 0 Å². The van der Waals surface area contributed by atoms with Gasteiger partial charge in [-0.3, -0.25) is 4.79 Å². The van der Waals surface area contributed by atoms with Crippen molar-refractivity contribution in [3.8, 4) is 11.4 Å². The molecular formula is C12H14FN5OS. The van der Waals surface area contributed by atoms with E-state index < -0.39 is 5.82 Å². The summed E-state index contributed by atoms with van der Waals surface area (Å²) in [5.74, 6) is 5.70. The molecule has 1 heterocycles. The largest absolute Gasteiger partial charge is 0.356 e. The third-order valence-electron chi connectivity index (χ3n) is 2.49. The van der Waals surface area contributed by atoms with Gasteiger partial charge in [0.25, 0.3) is 0 Å². The van der Waals surface area contributed by atoms with Crippen LogP contribution < -0.4 is 11.2 Å². The summed E-state index contributed by atoms with van der Waals surface area (Å²) in [5.41, 5.74) is 0.271. The molecule has 2 rings (SSSR count). The highest BCUT2D eigenvalue weighted by Gasteiger charge is 2.15. The zero-order valence-corrected chi connectivity index (χ0v) is 11.7. The number of nitrogens with two attached hydrogens (primary N) is 1. The first-order valence-corrected chi connectivity index (χ1v) is 6.97. The van der Waals surface area contributed by atoms with Crippen LogP contribution in [0.5, 0.6) is 0 Å². The first-order chi connectivity index (χ1) is 9.63. The number of thioether (sulfide) groups is 1. The summed E-state index contributed by atoms with van der Waals surface area (Å²) >= 11 is 1.15. The number of nitrogens with one attached hydrogen (secondary N) is 1. The summed E-state index contributed by atoms with van der Waals surface area (Å²) in [6, 6.07) is 6.17. The van der Waals surface area contributed by atoms with Gasteiger partial charge in [-0.05, 0) is 19.1 Å². The van der Waals surface area contributed by atoms with E-state index in [4.69, 9.17) is 5.84 Å². The molecule has 106 valence electrons. The van der Waals surface area contributed by atoms with Crippen LogP contribution in [0.15, 0.2) is 29.4 Å². The molecule has 0 radical (unpaired) electrons. The molecule has 0 unspecified atom stereocenters. The Balaban J connectivity index is 2.15. The van der Waals surface area contributed by atoms with Gasteiger partial charge in [-0.25, -0.2) is 9.07 Å². The summed E-state index contributed by atoms with van der Waals surface area (Å²) in [4.78, 5) is 11.4. The highest BCUT2D eigenvalue weighted by Crippen LogP contribution is 2.23. The molecule has 6 nitrogen and oxygen atoms in total. The van der Waals surface area contributed by atoms with Gasteiger partial charge in [0.2, 0.25) is 11.1 Å². The van der Waals surface area contributed by atoms with Crippen LogP contribution in [-0.4, -0.2) is 33.1 Å². The predicted molar refractivity (Wildman–Crippen MR) is 75.0 cm³/mol. The van der Waals surface area contributed by atoms with Gasteiger partial charge in [-0.15, -0.1) is 10.2 Å². The van der Waals surface area contributed by atoms with E-state index in [1.54, 1.807) is 18.2 Å². The van der Waals surface area contributed by atoms with Gasteiger partial charge in [0.05, 0.1) is 11.3 Å². The molecule has 0 aliphatic heterocycles. The zero-order valence-electron chi connectivity index (χ0n) is 10.8. The number of carbonyl (C=O) groups excluding carboxylic acids is 1. The summed E-state index contributed by atoms with van der Waals surface area (Å²) < 4.78 is 14.9. The lowest BCUT2D eigenvalue weighted by atomic mass is 10.2. The number of nitrogen functional groups attached to an aromatic ring is 1. The molecule has 2 aromatic rings. The Labute approximate surface area is 119 Å². The molecule has 0 bridgehead atoms. The fourth-order valence-electron chi connectivity index (χ4n) is 1.58. The van der Waals surface area contributed by atoms with Crippen molar-refractivity contribution in [3.05, 3.63) is 30.1 Å². The maximum Gasteiger partial charge on any atom is 0.230 e. The topological polar surface area (TPSA) is 85.8 Å². The monoisotopic (exact) mass is 295 g/mol. The highest BCUT2D eigenvalue weighted by atomic mass is 32.2. The van der Waals surface area contributed by atoms with Crippen LogP contribution in [0, 0.1) is 5.82 Å². The Morgan fingerprint density at radius 3 is 2.90 bits per heavy atom. The average Bonchev–Trinajstić information content (AvgIpc) is 2.79. The van der Waals surface area contributed by atoms with Crippen molar-refractivity contribution in [3.63, 3.8) is 0 Å². The quantitative estimate of drug-likeness (QED) is 0.635. The summed E-state index contributed by atoms with van der Waals surface area (Å²) in [6.07, 6.45) is 0. The molecule has 1 aromatic heterocycles. The predicted octanol–water partition coefficient (Wildman–Crippen LogP) is 1.03. The summed E-state index contributed by atoms with van der Waals surface area (Å²) in [7, 11) is 0. The number of rotatable bonds is 5. The Hall–Kier alpha value is -2.09. The van der Waals surface area contributed by atoms with Crippen molar-refractivity contribution in [2.24, 2.45) is 0 Å². The van der Waals surface area contributed by atoms with E-state index in [1.807, 2.05) is 6.92 Å². The summed E-state index contributed by atoms with van der Waals surface area (Å²) in [6.45, 7) is 2.40. The van der Waals surface area contributed by atoms with Crippen molar-refractivity contribution in [1.29, 1.82) is 0 Å². The van der Waals surface area contributed by atoms with E-state index in [2.05, 4.69) is 15.5 Å². The lowest BCUT2D eigenvalue weighted by Crippen LogP contribution is -2.24. The van der Waals surface area contributed by atoms with E-state index >= 15 is 0 Å². The van der Waals surface area contributed by atoms with Crippen molar-refractivity contribution in [2.75, 3.05) is 18.1 Å².